The zero-order valence-corrected chi connectivity index (χ0v) is 18.4. The molecule has 0 amide bonds. The van der Waals surface area contributed by atoms with Crippen molar-refractivity contribution in [2.45, 2.75) is 43.3 Å². The van der Waals surface area contributed by atoms with Crippen molar-refractivity contribution in [2.24, 2.45) is 0 Å². The molecule has 4 rings (SSSR count). The number of benzene rings is 1. The summed E-state index contributed by atoms with van der Waals surface area (Å²) in [4.78, 5) is 46.3. The van der Waals surface area contributed by atoms with Gasteiger partial charge in [-0.3, -0.25) is 19.0 Å². The van der Waals surface area contributed by atoms with Crippen LogP contribution < -0.4 is 5.56 Å². The van der Waals surface area contributed by atoms with Gasteiger partial charge in [-0.25, -0.2) is 18.4 Å². The summed E-state index contributed by atoms with van der Waals surface area (Å²) in [6.07, 6.45) is -2.39. The van der Waals surface area contributed by atoms with E-state index in [0.717, 1.165) is 13.8 Å². The first kappa shape index (κ1) is 22.6. The lowest BCUT2D eigenvalue weighted by Gasteiger charge is -2.23. The summed E-state index contributed by atoms with van der Waals surface area (Å²) in [5.41, 5.74) is -0.373. The molecular formula is C20H20N4O8S. The molecule has 0 radical (unpaired) electrons. The van der Waals surface area contributed by atoms with E-state index < -0.39 is 57.6 Å². The molecule has 1 aliphatic rings. The molecule has 1 saturated heterocycles. The van der Waals surface area contributed by atoms with Crippen LogP contribution in [0, 0.1) is 0 Å². The van der Waals surface area contributed by atoms with Crippen molar-refractivity contribution in [3.05, 3.63) is 53.3 Å². The third kappa shape index (κ3) is 4.50. The number of hydrogen-bond acceptors (Lipinski definition) is 10. The largest absolute Gasteiger partial charge is 0.456 e. The lowest BCUT2D eigenvalue weighted by Crippen LogP contribution is -2.41. The molecule has 12 nitrogen and oxygen atoms in total. The first-order valence-electron chi connectivity index (χ1n) is 9.85. The molecule has 174 valence electrons. The van der Waals surface area contributed by atoms with Gasteiger partial charge in [0.25, 0.3) is 5.56 Å². The molecule has 33 heavy (non-hydrogen) atoms. The minimum Gasteiger partial charge on any atom is -0.456 e. The molecule has 0 unspecified atom stereocenters. The fraction of sp³-hybridized carbons (Fsp3) is 0.350. The Morgan fingerprint density at radius 1 is 1.09 bits per heavy atom. The number of imidazole rings is 1. The van der Waals surface area contributed by atoms with Crippen LogP contribution in [-0.4, -0.2) is 63.9 Å². The number of carbonyl (C=O) groups is 2. The van der Waals surface area contributed by atoms with Gasteiger partial charge in [-0.2, -0.15) is 0 Å². The Morgan fingerprint density at radius 3 is 2.42 bits per heavy atom. The van der Waals surface area contributed by atoms with E-state index in [4.69, 9.17) is 14.2 Å². The number of esters is 2. The van der Waals surface area contributed by atoms with Crippen molar-refractivity contribution in [1.29, 1.82) is 0 Å². The van der Waals surface area contributed by atoms with E-state index in [1.54, 1.807) is 18.2 Å². The summed E-state index contributed by atoms with van der Waals surface area (Å²) in [5, 5.41) is 0. The van der Waals surface area contributed by atoms with Gasteiger partial charge in [0.2, 0.25) is 0 Å². The summed E-state index contributed by atoms with van der Waals surface area (Å²) in [6, 6.07) is 7.71. The van der Waals surface area contributed by atoms with Gasteiger partial charge < -0.3 is 19.2 Å². The Kier molecular flexibility index (Phi) is 5.99. The Morgan fingerprint density at radius 2 is 1.76 bits per heavy atom. The highest BCUT2D eigenvalue weighted by Crippen LogP contribution is 2.36. The first-order chi connectivity index (χ1) is 15.7. The highest BCUT2D eigenvalue weighted by Gasteiger charge is 2.52. The van der Waals surface area contributed by atoms with E-state index in [-0.39, 0.29) is 16.1 Å². The van der Waals surface area contributed by atoms with Crippen LogP contribution in [0.1, 0.15) is 20.1 Å². The van der Waals surface area contributed by atoms with E-state index in [0.29, 0.717) is 0 Å². The van der Waals surface area contributed by atoms with E-state index in [1.807, 2.05) is 0 Å². The predicted octanol–water partition coefficient (Wildman–Crippen LogP) is 0.354. The number of aromatic amines is 1. The van der Waals surface area contributed by atoms with Crippen LogP contribution in [0.25, 0.3) is 11.2 Å². The lowest BCUT2D eigenvalue weighted by atomic mass is 10.1. The molecule has 3 aromatic rings. The fourth-order valence-corrected chi connectivity index (χ4v) is 5.17. The highest BCUT2D eigenvalue weighted by molar-refractivity contribution is 7.91. The van der Waals surface area contributed by atoms with Crippen LogP contribution in [0.2, 0.25) is 0 Å². The first-order valence-corrected chi connectivity index (χ1v) is 11.5. The van der Waals surface area contributed by atoms with Crippen molar-refractivity contribution in [3.8, 4) is 0 Å². The number of ether oxygens (including phenoxy) is 3. The second-order valence-corrected chi connectivity index (χ2v) is 9.40. The topological polar surface area (TPSA) is 160 Å². The Hall–Kier alpha value is -3.58. The number of rotatable bonds is 6. The second-order valence-electron chi connectivity index (χ2n) is 7.36. The fourth-order valence-electron chi connectivity index (χ4n) is 3.71. The van der Waals surface area contributed by atoms with E-state index in [9.17, 15) is 22.8 Å². The van der Waals surface area contributed by atoms with Crippen molar-refractivity contribution in [3.63, 3.8) is 0 Å². The van der Waals surface area contributed by atoms with Crippen molar-refractivity contribution >= 4 is 32.9 Å². The number of fused-ring (bicyclic) bond motifs is 1. The zero-order valence-electron chi connectivity index (χ0n) is 17.6. The number of H-pyrrole nitrogens is 1. The van der Waals surface area contributed by atoms with Crippen LogP contribution in [-0.2, 0) is 33.6 Å². The smallest absolute Gasteiger partial charge is 0.303 e. The molecule has 0 aliphatic carbocycles. The molecule has 3 heterocycles. The molecule has 4 atom stereocenters. The standard InChI is InChI=1S/C20H20N4O8S/c1-11(25)30-16-14(8-33(28,29)13-6-4-3-5-7-13)32-20(17(16)31-12(2)26)24-10-23-15-18(24)21-9-22-19(15)27/h3-7,9-10,14,16-17,20H,8H2,1-2H3,(H,21,22,27)/t14-,16-,17-,20-/m1/s1. The molecule has 0 spiro atoms. The maximum Gasteiger partial charge on any atom is 0.303 e. The monoisotopic (exact) mass is 476 g/mol. The van der Waals surface area contributed by atoms with E-state index in [1.165, 1.54) is 29.4 Å². The Bertz CT molecular complexity index is 1350. The van der Waals surface area contributed by atoms with Crippen molar-refractivity contribution < 1.29 is 32.2 Å². The third-order valence-corrected chi connectivity index (χ3v) is 6.77. The highest BCUT2D eigenvalue weighted by atomic mass is 32.2. The minimum atomic E-state index is -3.86. The molecule has 13 heteroatoms. The van der Waals surface area contributed by atoms with Gasteiger partial charge in [-0.1, -0.05) is 18.2 Å². The van der Waals surface area contributed by atoms with Gasteiger partial charge in [-0.05, 0) is 12.1 Å². The molecule has 2 aromatic heterocycles. The van der Waals surface area contributed by atoms with Gasteiger partial charge >= 0.3 is 11.9 Å². The van der Waals surface area contributed by atoms with Crippen molar-refractivity contribution in [1.82, 2.24) is 19.5 Å². The van der Waals surface area contributed by atoms with E-state index in [2.05, 4.69) is 15.0 Å². The SMILES string of the molecule is CC(=O)O[C@@H]1[C@H](OC(C)=O)[C@@H](CS(=O)(=O)c2ccccc2)O[C@H]1n1cnc2c(=O)[nH]cnc21. The maximum atomic E-state index is 13.0. The quantitative estimate of drug-likeness (QED) is 0.492. The predicted molar refractivity (Wildman–Crippen MR) is 112 cm³/mol. The molecular weight excluding hydrogens is 456 g/mol. The van der Waals surface area contributed by atoms with Gasteiger partial charge in [0.15, 0.2) is 39.4 Å². The maximum absolute atomic E-state index is 13.0. The minimum absolute atomic E-state index is 0.00654. The average Bonchev–Trinajstić information content (AvgIpc) is 3.31. The number of sulfone groups is 1. The Labute approximate surface area is 187 Å². The molecule has 0 saturated carbocycles. The lowest BCUT2D eigenvalue weighted by molar-refractivity contribution is -0.165. The third-order valence-electron chi connectivity index (χ3n) is 5.01. The van der Waals surface area contributed by atoms with Crippen LogP contribution in [0.15, 0.2) is 52.7 Å². The molecule has 1 aromatic carbocycles. The van der Waals surface area contributed by atoms with Crippen LogP contribution in [0.4, 0.5) is 0 Å². The van der Waals surface area contributed by atoms with Crippen LogP contribution in [0.5, 0.6) is 0 Å². The molecule has 1 N–H and O–H groups in total. The van der Waals surface area contributed by atoms with Crippen LogP contribution in [0.3, 0.4) is 0 Å². The normalized spacial score (nSPS) is 22.8. The molecule has 0 bridgehead atoms. The number of hydrogen-bond donors (Lipinski definition) is 1. The number of carbonyl (C=O) groups excluding carboxylic acids is 2. The van der Waals surface area contributed by atoms with Crippen molar-refractivity contribution in [2.75, 3.05) is 5.75 Å². The number of nitrogens with one attached hydrogen (secondary N) is 1. The Balaban J connectivity index is 1.76. The van der Waals surface area contributed by atoms with Crippen LogP contribution >= 0.6 is 0 Å². The van der Waals surface area contributed by atoms with Gasteiger partial charge in [0, 0.05) is 13.8 Å². The summed E-state index contributed by atoms with van der Waals surface area (Å²) in [6.45, 7) is 2.31. The summed E-state index contributed by atoms with van der Waals surface area (Å²) in [7, 11) is -3.86. The molecule has 1 aliphatic heterocycles. The second kappa shape index (κ2) is 8.75. The number of aromatic nitrogens is 4. The number of nitrogens with zero attached hydrogens (tertiary/aromatic N) is 3. The summed E-state index contributed by atoms with van der Waals surface area (Å²) >= 11 is 0. The zero-order chi connectivity index (χ0) is 23.8. The van der Waals surface area contributed by atoms with Gasteiger partial charge in [0.05, 0.1) is 23.3 Å². The molecule has 1 fully saturated rings. The van der Waals surface area contributed by atoms with Gasteiger partial charge in [-0.15, -0.1) is 0 Å². The summed E-state index contributed by atoms with van der Waals surface area (Å²) in [5.74, 6) is -1.97. The summed E-state index contributed by atoms with van der Waals surface area (Å²) < 4.78 is 44.0. The van der Waals surface area contributed by atoms with E-state index >= 15 is 0 Å². The average molecular weight is 476 g/mol. The van der Waals surface area contributed by atoms with Gasteiger partial charge in [0.1, 0.15) is 6.10 Å².